The molecule has 13 nitrogen and oxygen atoms in total. The van der Waals surface area contributed by atoms with Crippen LogP contribution in [0.15, 0.2) is 54.6 Å². The van der Waals surface area contributed by atoms with E-state index in [9.17, 15) is 34.2 Å². The molecule has 2 aromatic carbocycles. The van der Waals surface area contributed by atoms with Gasteiger partial charge in [0.2, 0.25) is 17.7 Å². The number of hydrogen-bond donors (Lipinski definition) is 6. The number of benzene rings is 2. The van der Waals surface area contributed by atoms with Crippen molar-refractivity contribution in [2.75, 3.05) is 13.7 Å². The number of aliphatic hydroxyl groups is 1. The quantitative estimate of drug-likeness (QED) is 0.144. The number of phenolic OH excluding ortho intramolecular Hbond substituents is 1. The lowest BCUT2D eigenvalue weighted by Gasteiger charge is -2.24. The summed E-state index contributed by atoms with van der Waals surface area (Å²) in [6, 6.07) is 12.4. The standard InChI is InChI=1S/C36H50N4O9/c1-21(2)16-29(34(46)48-6)39-33(45)28(17-22-10-8-7-9-11-22)38-31(43)26-19-25(26)30(42)20-37-32(44)27(40-35(47)49-36(3,4)5)18-23-12-14-24(41)15-13-23/h7-15,21,25-30,41-42H,16-20H2,1-6H3,(H,37,44)(H,38,43)(H,39,45)(H,40,47)/t25-,26+,27-,28-,29-,30-/m0/s1. The first kappa shape index (κ1) is 38.8. The van der Waals surface area contributed by atoms with Gasteiger partial charge in [0.25, 0.3) is 0 Å². The van der Waals surface area contributed by atoms with Crippen LogP contribution in [0.4, 0.5) is 4.79 Å². The van der Waals surface area contributed by atoms with Crippen molar-refractivity contribution in [3.63, 3.8) is 0 Å². The Bertz CT molecular complexity index is 1430. The molecule has 0 unspecified atom stereocenters. The zero-order valence-corrected chi connectivity index (χ0v) is 29.0. The van der Waals surface area contributed by atoms with Crippen LogP contribution < -0.4 is 21.3 Å². The molecular weight excluding hydrogens is 632 g/mol. The van der Waals surface area contributed by atoms with Crippen molar-refractivity contribution in [3.05, 3.63) is 65.7 Å². The molecule has 1 fully saturated rings. The van der Waals surface area contributed by atoms with Crippen LogP contribution in [0.3, 0.4) is 0 Å². The number of hydrogen-bond acceptors (Lipinski definition) is 9. The summed E-state index contributed by atoms with van der Waals surface area (Å²) in [4.78, 5) is 64.8. The van der Waals surface area contributed by atoms with Gasteiger partial charge < -0.3 is 41.0 Å². The Morgan fingerprint density at radius 2 is 1.43 bits per heavy atom. The predicted octanol–water partition coefficient (Wildman–Crippen LogP) is 2.37. The normalized spacial score (nSPS) is 17.9. The summed E-state index contributed by atoms with van der Waals surface area (Å²) in [6.45, 7) is 8.74. The summed E-state index contributed by atoms with van der Waals surface area (Å²) >= 11 is 0. The molecule has 2 aromatic rings. The maximum absolute atomic E-state index is 13.4. The lowest BCUT2D eigenvalue weighted by atomic mass is 10.0. The van der Waals surface area contributed by atoms with Crippen molar-refractivity contribution in [1.29, 1.82) is 0 Å². The minimum Gasteiger partial charge on any atom is -0.508 e. The second kappa shape index (κ2) is 17.7. The summed E-state index contributed by atoms with van der Waals surface area (Å²) in [6.07, 6.45) is -0.899. The zero-order chi connectivity index (χ0) is 36.3. The van der Waals surface area contributed by atoms with Crippen LogP contribution in [0.5, 0.6) is 5.75 Å². The highest BCUT2D eigenvalue weighted by molar-refractivity contribution is 5.92. The topological polar surface area (TPSA) is 192 Å². The van der Waals surface area contributed by atoms with Gasteiger partial charge in [0.05, 0.1) is 13.2 Å². The van der Waals surface area contributed by atoms with Crippen LogP contribution in [-0.4, -0.2) is 83.5 Å². The van der Waals surface area contributed by atoms with Gasteiger partial charge in [-0.3, -0.25) is 14.4 Å². The molecule has 268 valence electrons. The number of aliphatic hydroxyl groups excluding tert-OH is 1. The number of rotatable bonds is 16. The first-order valence-corrected chi connectivity index (χ1v) is 16.5. The van der Waals surface area contributed by atoms with Gasteiger partial charge in [-0.05, 0) is 68.7 Å². The molecule has 0 heterocycles. The maximum Gasteiger partial charge on any atom is 0.408 e. The fourth-order valence-electron chi connectivity index (χ4n) is 5.39. The molecule has 0 aromatic heterocycles. The van der Waals surface area contributed by atoms with Crippen LogP contribution in [0.1, 0.15) is 58.6 Å². The van der Waals surface area contributed by atoms with Gasteiger partial charge >= 0.3 is 12.1 Å². The molecule has 0 radical (unpaired) electrons. The molecule has 49 heavy (non-hydrogen) atoms. The number of methoxy groups -OCH3 is 1. The van der Waals surface area contributed by atoms with Gasteiger partial charge in [-0.2, -0.15) is 0 Å². The van der Waals surface area contributed by atoms with Crippen LogP contribution in [0.2, 0.25) is 0 Å². The third-order valence-electron chi connectivity index (χ3n) is 7.96. The van der Waals surface area contributed by atoms with E-state index in [0.29, 0.717) is 18.4 Å². The number of carbonyl (C=O) groups is 5. The Morgan fingerprint density at radius 1 is 0.837 bits per heavy atom. The number of amides is 4. The highest BCUT2D eigenvalue weighted by Gasteiger charge is 2.48. The van der Waals surface area contributed by atoms with Crippen molar-refractivity contribution in [2.24, 2.45) is 17.8 Å². The van der Waals surface area contributed by atoms with E-state index in [1.54, 1.807) is 32.9 Å². The number of alkyl carbamates (subject to hydrolysis) is 1. The van der Waals surface area contributed by atoms with E-state index in [0.717, 1.165) is 5.56 Å². The van der Waals surface area contributed by atoms with Gasteiger partial charge in [0.15, 0.2) is 0 Å². The molecule has 4 amide bonds. The molecule has 0 saturated heterocycles. The second-order valence-corrected chi connectivity index (χ2v) is 13.9. The van der Waals surface area contributed by atoms with Crippen LogP contribution in [0.25, 0.3) is 0 Å². The second-order valence-electron chi connectivity index (χ2n) is 13.9. The summed E-state index contributed by atoms with van der Waals surface area (Å²) < 4.78 is 10.2. The van der Waals surface area contributed by atoms with E-state index in [2.05, 4.69) is 21.3 Å². The highest BCUT2D eigenvalue weighted by atomic mass is 16.6. The number of aromatic hydroxyl groups is 1. The largest absolute Gasteiger partial charge is 0.508 e. The van der Waals surface area contributed by atoms with Gasteiger partial charge in [0, 0.05) is 25.3 Å². The van der Waals surface area contributed by atoms with Crippen LogP contribution in [0, 0.1) is 17.8 Å². The minimum absolute atomic E-state index is 0.0551. The summed E-state index contributed by atoms with van der Waals surface area (Å²) in [7, 11) is 1.25. The molecule has 0 bridgehead atoms. The molecule has 0 aliphatic heterocycles. The number of nitrogens with one attached hydrogen (secondary N) is 4. The minimum atomic E-state index is -1.08. The third-order valence-corrected chi connectivity index (χ3v) is 7.96. The fourth-order valence-corrected chi connectivity index (χ4v) is 5.39. The summed E-state index contributed by atoms with van der Waals surface area (Å²) in [5.74, 6) is -3.03. The molecule has 1 aliphatic carbocycles. The lowest BCUT2D eigenvalue weighted by molar-refractivity contribution is -0.145. The molecule has 1 saturated carbocycles. The highest BCUT2D eigenvalue weighted by Crippen LogP contribution is 2.41. The van der Waals surface area contributed by atoms with Crippen molar-refractivity contribution in [3.8, 4) is 5.75 Å². The van der Waals surface area contributed by atoms with Crippen LogP contribution >= 0.6 is 0 Å². The molecule has 1 aliphatic rings. The lowest BCUT2D eigenvalue weighted by Crippen LogP contribution is -2.53. The average Bonchev–Trinajstić information content (AvgIpc) is 3.84. The van der Waals surface area contributed by atoms with Gasteiger partial charge in [-0.1, -0.05) is 56.3 Å². The van der Waals surface area contributed by atoms with E-state index in [1.807, 2.05) is 44.2 Å². The Morgan fingerprint density at radius 3 is 2.00 bits per heavy atom. The van der Waals surface area contributed by atoms with E-state index in [4.69, 9.17) is 9.47 Å². The fraction of sp³-hybridized carbons (Fsp3) is 0.528. The van der Waals surface area contributed by atoms with E-state index < -0.39 is 71.5 Å². The summed E-state index contributed by atoms with van der Waals surface area (Å²) in [5, 5.41) is 31.3. The number of esters is 1. The van der Waals surface area contributed by atoms with Gasteiger partial charge in [-0.15, -0.1) is 0 Å². The molecular formula is C36H50N4O9. The van der Waals surface area contributed by atoms with Gasteiger partial charge in [0.1, 0.15) is 29.5 Å². The van der Waals surface area contributed by atoms with Gasteiger partial charge in [-0.25, -0.2) is 9.59 Å². The number of ether oxygens (including phenoxy) is 2. The molecule has 13 heteroatoms. The van der Waals surface area contributed by atoms with Crippen molar-refractivity contribution in [2.45, 2.75) is 90.1 Å². The Labute approximate surface area is 287 Å². The maximum atomic E-state index is 13.4. The predicted molar refractivity (Wildman–Crippen MR) is 181 cm³/mol. The number of phenols is 1. The van der Waals surface area contributed by atoms with Crippen molar-refractivity contribution in [1.82, 2.24) is 21.3 Å². The molecule has 6 atom stereocenters. The van der Waals surface area contributed by atoms with E-state index in [-0.39, 0.29) is 31.1 Å². The van der Waals surface area contributed by atoms with E-state index in [1.165, 1.54) is 19.2 Å². The van der Waals surface area contributed by atoms with E-state index >= 15 is 0 Å². The first-order valence-electron chi connectivity index (χ1n) is 16.5. The average molecular weight is 683 g/mol. The smallest absolute Gasteiger partial charge is 0.408 e. The SMILES string of the molecule is COC(=O)[C@H](CC(C)C)NC(=O)[C@H](Cc1ccccc1)NC(=O)[C@@H]1C[C@@H]1[C@@H](O)CNC(=O)[C@H](Cc1ccc(O)cc1)NC(=O)OC(C)(C)C. The monoisotopic (exact) mass is 682 g/mol. The molecule has 0 spiro atoms. The third kappa shape index (κ3) is 13.1. The number of carbonyl (C=O) groups excluding carboxylic acids is 5. The molecule has 6 N–H and O–H groups in total. The zero-order valence-electron chi connectivity index (χ0n) is 29.0. The Kier molecular flexibility index (Phi) is 14.0. The molecule has 3 rings (SSSR count). The Balaban J connectivity index is 1.63. The van der Waals surface area contributed by atoms with Crippen molar-refractivity contribution >= 4 is 29.8 Å². The summed E-state index contributed by atoms with van der Waals surface area (Å²) in [5.41, 5.74) is 0.683. The van der Waals surface area contributed by atoms with Crippen LogP contribution in [-0.2, 0) is 41.5 Å². The van der Waals surface area contributed by atoms with Crippen molar-refractivity contribution < 1.29 is 43.7 Å². The first-order chi connectivity index (χ1) is 23.1. The Hall–Kier alpha value is -4.65.